The first kappa shape index (κ1) is 14.6. The molecule has 0 aliphatic heterocycles. The lowest BCUT2D eigenvalue weighted by molar-refractivity contribution is 0.684. The van der Waals surface area contributed by atoms with Crippen molar-refractivity contribution >= 4 is 22.1 Å². The van der Waals surface area contributed by atoms with E-state index in [1.54, 1.807) is 17.6 Å². The molecule has 0 unspecified atom stereocenters. The van der Waals surface area contributed by atoms with Crippen molar-refractivity contribution in [2.75, 3.05) is 6.26 Å². The Hall–Kier alpha value is -2.29. The Bertz CT molecular complexity index is 866. The third-order valence-corrected chi connectivity index (χ3v) is 4.96. The Labute approximate surface area is 135 Å². The summed E-state index contributed by atoms with van der Waals surface area (Å²) in [6.45, 7) is 0. The molecule has 0 saturated carbocycles. The first-order valence-electron chi connectivity index (χ1n) is 6.58. The van der Waals surface area contributed by atoms with Crippen molar-refractivity contribution in [3.63, 3.8) is 0 Å². The van der Waals surface area contributed by atoms with Crippen molar-refractivity contribution < 1.29 is 4.21 Å². The minimum atomic E-state index is -1.33. The van der Waals surface area contributed by atoms with E-state index in [2.05, 4.69) is 11.1 Å². The average Bonchev–Trinajstić information content (AvgIpc) is 3.08. The van der Waals surface area contributed by atoms with Crippen molar-refractivity contribution in [2.24, 2.45) is 0 Å². The number of nitrogens with zero attached hydrogens (tertiary/aromatic N) is 2. The van der Waals surface area contributed by atoms with E-state index >= 15 is 0 Å². The molecule has 0 radical (unpaired) electrons. The minimum Gasteiger partial charge on any atom is -0.253 e. The Morgan fingerprint density at radius 2 is 1.95 bits per heavy atom. The topological polar surface area (TPSA) is 53.8 Å². The van der Waals surface area contributed by atoms with Crippen molar-refractivity contribution in [2.45, 2.75) is 5.03 Å². The zero-order valence-electron chi connectivity index (χ0n) is 11.8. The highest BCUT2D eigenvalue weighted by Gasteiger charge is 2.17. The number of benzene rings is 1. The Morgan fingerprint density at radius 1 is 1.18 bits per heavy atom. The predicted octanol–water partition coefficient (Wildman–Crippen LogP) is 4.09. The Morgan fingerprint density at radius 3 is 2.55 bits per heavy atom. The number of nitriles is 1. The number of rotatable bonds is 3. The summed E-state index contributed by atoms with van der Waals surface area (Å²) in [5.41, 5.74) is 2.82. The van der Waals surface area contributed by atoms with Crippen LogP contribution in [-0.2, 0) is 10.8 Å². The van der Waals surface area contributed by atoms with Crippen molar-refractivity contribution in [1.82, 2.24) is 4.98 Å². The fourth-order valence-electron chi connectivity index (χ4n) is 2.23. The van der Waals surface area contributed by atoms with Crippen LogP contribution in [0.1, 0.15) is 5.56 Å². The quantitative estimate of drug-likeness (QED) is 0.729. The van der Waals surface area contributed by atoms with E-state index in [0.717, 1.165) is 21.7 Å². The van der Waals surface area contributed by atoms with E-state index in [9.17, 15) is 9.47 Å². The minimum absolute atomic E-state index is 0.340. The molecule has 0 amide bonds. The summed E-state index contributed by atoms with van der Waals surface area (Å²) in [6.07, 6.45) is 1.55. The van der Waals surface area contributed by atoms with Gasteiger partial charge in [-0.1, -0.05) is 36.4 Å². The number of hydrogen-bond acceptors (Lipinski definition) is 4. The van der Waals surface area contributed by atoms with Gasteiger partial charge in [0.15, 0.2) is 0 Å². The molecular formula is C17H12N2OS2. The van der Waals surface area contributed by atoms with Crippen molar-refractivity contribution in [3.8, 4) is 27.8 Å². The fraction of sp³-hybridized carbons (Fsp3) is 0.0588. The van der Waals surface area contributed by atoms with E-state index in [4.69, 9.17) is 0 Å². The van der Waals surface area contributed by atoms with Crippen LogP contribution in [0.2, 0.25) is 0 Å². The van der Waals surface area contributed by atoms with Gasteiger partial charge in [0.2, 0.25) is 0 Å². The summed E-state index contributed by atoms with van der Waals surface area (Å²) < 4.78 is 12.0. The summed E-state index contributed by atoms with van der Waals surface area (Å²) in [5.74, 6) is 0. The fourth-order valence-corrected chi connectivity index (χ4v) is 3.59. The monoisotopic (exact) mass is 324 g/mol. The van der Waals surface area contributed by atoms with E-state index in [-0.39, 0.29) is 0 Å². The lowest BCUT2D eigenvalue weighted by Crippen LogP contribution is -2.01. The molecule has 0 bridgehead atoms. The molecule has 3 aromatic rings. The highest BCUT2D eigenvalue weighted by atomic mass is 32.2. The van der Waals surface area contributed by atoms with Gasteiger partial charge >= 0.3 is 0 Å². The molecule has 2 aromatic heterocycles. The van der Waals surface area contributed by atoms with Gasteiger partial charge in [-0.05, 0) is 23.1 Å². The smallest absolute Gasteiger partial charge is 0.146 e. The van der Waals surface area contributed by atoms with E-state index in [1.807, 2.05) is 53.9 Å². The normalized spacial score (nSPS) is 11.8. The maximum atomic E-state index is 12.0. The molecule has 1 aromatic carbocycles. The first-order valence-corrected chi connectivity index (χ1v) is 9.02. The van der Waals surface area contributed by atoms with Crippen LogP contribution < -0.4 is 0 Å². The van der Waals surface area contributed by atoms with Gasteiger partial charge in [-0.2, -0.15) is 5.26 Å². The van der Waals surface area contributed by atoms with Crippen molar-refractivity contribution in [1.29, 1.82) is 5.26 Å². The third-order valence-electron chi connectivity index (χ3n) is 3.23. The van der Waals surface area contributed by atoms with E-state index in [1.165, 1.54) is 0 Å². The molecule has 108 valence electrons. The third kappa shape index (κ3) is 2.71. The van der Waals surface area contributed by atoms with Crippen molar-refractivity contribution in [3.05, 3.63) is 59.5 Å². The predicted molar refractivity (Wildman–Crippen MR) is 90.0 cm³/mol. The second-order valence-electron chi connectivity index (χ2n) is 4.64. The summed E-state index contributed by atoms with van der Waals surface area (Å²) in [7, 11) is -1.33. The van der Waals surface area contributed by atoms with E-state index < -0.39 is 10.8 Å². The zero-order valence-corrected chi connectivity index (χ0v) is 13.4. The largest absolute Gasteiger partial charge is 0.253 e. The number of hydrogen-bond donors (Lipinski definition) is 0. The molecule has 22 heavy (non-hydrogen) atoms. The molecular weight excluding hydrogens is 312 g/mol. The lowest BCUT2D eigenvalue weighted by Gasteiger charge is -2.10. The van der Waals surface area contributed by atoms with Crippen LogP contribution in [0.15, 0.2) is 58.9 Å². The standard InChI is InChI=1S/C17H12N2OS2/c1-22(20)17-14(11-18)13(12-6-3-2-4-7-12)10-15(19-17)16-8-5-9-21-16/h2-10H,1H3/t22-/m0/s1. The SMILES string of the molecule is C[S@](=O)c1nc(-c2cccs2)cc(-c2ccccc2)c1C#N. The number of pyridine rings is 1. The van der Waals surface area contributed by atoms with Gasteiger partial charge in [0.25, 0.3) is 0 Å². The van der Waals surface area contributed by atoms with Gasteiger partial charge in [0.1, 0.15) is 11.1 Å². The highest BCUT2D eigenvalue weighted by Crippen LogP contribution is 2.32. The Balaban J connectivity index is 2.32. The van der Waals surface area contributed by atoms with Crippen LogP contribution in [0.4, 0.5) is 0 Å². The Kier molecular flexibility index (Phi) is 4.14. The molecule has 0 fully saturated rings. The summed E-state index contributed by atoms with van der Waals surface area (Å²) >= 11 is 1.57. The molecule has 0 N–H and O–H groups in total. The number of thiophene rings is 1. The molecule has 0 saturated heterocycles. The highest BCUT2D eigenvalue weighted by molar-refractivity contribution is 7.84. The molecule has 0 aliphatic rings. The molecule has 0 spiro atoms. The van der Waals surface area contributed by atoms with Crippen LogP contribution in [0, 0.1) is 11.3 Å². The second kappa shape index (κ2) is 6.22. The van der Waals surface area contributed by atoms with Gasteiger partial charge in [0.05, 0.1) is 26.9 Å². The van der Waals surface area contributed by atoms with Gasteiger partial charge in [-0.15, -0.1) is 11.3 Å². The molecule has 3 rings (SSSR count). The molecule has 2 heterocycles. The number of aromatic nitrogens is 1. The zero-order chi connectivity index (χ0) is 15.5. The van der Waals surface area contributed by atoms with Gasteiger partial charge in [-0.3, -0.25) is 4.21 Å². The average molecular weight is 324 g/mol. The molecule has 1 atom stereocenters. The van der Waals surface area contributed by atoms with E-state index in [0.29, 0.717) is 10.6 Å². The van der Waals surface area contributed by atoms with Gasteiger partial charge in [0, 0.05) is 11.8 Å². The summed E-state index contributed by atoms with van der Waals surface area (Å²) in [4.78, 5) is 5.45. The van der Waals surface area contributed by atoms with Gasteiger partial charge in [-0.25, -0.2) is 4.98 Å². The first-order chi connectivity index (χ1) is 10.7. The second-order valence-corrected chi connectivity index (χ2v) is 6.89. The van der Waals surface area contributed by atoms with Gasteiger partial charge < -0.3 is 0 Å². The van der Waals surface area contributed by atoms with Crippen LogP contribution >= 0.6 is 11.3 Å². The molecule has 5 heteroatoms. The summed E-state index contributed by atoms with van der Waals surface area (Å²) in [6, 6.07) is 17.6. The van der Waals surface area contributed by atoms with Crippen LogP contribution in [-0.4, -0.2) is 15.4 Å². The van der Waals surface area contributed by atoms with Crippen LogP contribution in [0.25, 0.3) is 21.7 Å². The van der Waals surface area contributed by atoms with Crippen LogP contribution in [0.3, 0.4) is 0 Å². The molecule has 0 aliphatic carbocycles. The lowest BCUT2D eigenvalue weighted by atomic mass is 10.0. The molecule has 3 nitrogen and oxygen atoms in total. The maximum absolute atomic E-state index is 12.0. The van der Waals surface area contributed by atoms with Crippen LogP contribution in [0.5, 0.6) is 0 Å². The maximum Gasteiger partial charge on any atom is 0.146 e. The summed E-state index contributed by atoms with van der Waals surface area (Å²) in [5, 5.41) is 11.8.